The molecule has 1 N–H and O–H groups in total. The lowest BCUT2D eigenvalue weighted by molar-refractivity contribution is -0.139. The van der Waals surface area contributed by atoms with Gasteiger partial charge in [0.1, 0.15) is 12.6 Å². The number of aryl methyl sites for hydroxylation is 1. The number of halogens is 2. The van der Waals surface area contributed by atoms with Gasteiger partial charge < -0.3 is 10.2 Å². The molecule has 0 radical (unpaired) electrons. The van der Waals surface area contributed by atoms with Crippen molar-refractivity contribution in [2.45, 2.75) is 45.2 Å². The predicted octanol–water partition coefficient (Wildman–Crippen LogP) is 5.80. The Kier molecular flexibility index (Phi) is 10.6. The molecule has 10 heteroatoms. The van der Waals surface area contributed by atoms with Crippen LogP contribution in [0.1, 0.15) is 31.9 Å². The molecular formula is C29H33BrClN3O4S. The Hall–Kier alpha value is -2.88. The Balaban J connectivity index is 2.01. The largest absolute Gasteiger partial charge is 0.354 e. The summed E-state index contributed by atoms with van der Waals surface area (Å²) in [5, 5.41) is 3.42. The molecule has 0 aliphatic heterocycles. The van der Waals surface area contributed by atoms with Gasteiger partial charge in [0.2, 0.25) is 11.8 Å². The molecule has 0 saturated heterocycles. The van der Waals surface area contributed by atoms with E-state index in [1.165, 1.54) is 17.0 Å². The highest BCUT2D eigenvalue weighted by Gasteiger charge is 2.32. The van der Waals surface area contributed by atoms with E-state index in [0.29, 0.717) is 21.7 Å². The first-order valence-corrected chi connectivity index (χ1v) is 15.2. The van der Waals surface area contributed by atoms with E-state index in [-0.39, 0.29) is 23.3 Å². The molecule has 0 heterocycles. The minimum Gasteiger partial charge on any atom is -0.354 e. The number of nitrogens with one attached hydrogen (secondary N) is 1. The Morgan fingerprint density at radius 1 is 0.974 bits per heavy atom. The fourth-order valence-electron chi connectivity index (χ4n) is 3.82. The topological polar surface area (TPSA) is 86.8 Å². The zero-order valence-corrected chi connectivity index (χ0v) is 25.6. The SMILES string of the molecule is Cc1ccc(S(=O)(=O)N(CC(=O)N(Cc2ccc(Cl)cc2)[C@H](C)C(=O)NCC(C)C)c2cccc(Br)c2)cc1. The van der Waals surface area contributed by atoms with Gasteiger partial charge in [-0.3, -0.25) is 13.9 Å². The van der Waals surface area contributed by atoms with Crippen LogP contribution in [0.15, 0.2) is 82.2 Å². The van der Waals surface area contributed by atoms with Crippen molar-refractivity contribution < 1.29 is 18.0 Å². The first-order valence-electron chi connectivity index (χ1n) is 12.5. The van der Waals surface area contributed by atoms with Crippen LogP contribution in [0.2, 0.25) is 5.02 Å². The van der Waals surface area contributed by atoms with E-state index in [2.05, 4.69) is 21.2 Å². The highest BCUT2D eigenvalue weighted by molar-refractivity contribution is 9.10. The number of carbonyl (C=O) groups is 2. The van der Waals surface area contributed by atoms with Crippen LogP contribution in [0.5, 0.6) is 0 Å². The first-order chi connectivity index (χ1) is 18.4. The molecule has 7 nitrogen and oxygen atoms in total. The van der Waals surface area contributed by atoms with Crippen LogP contribution in [0, 0.1) is 12.8 Å². The van der Waals surface area contributed by atoms with E-state index in [0.717, 1.165) is 15.4 Å². The Morgan fingerprint density at radius 2 is 1.62 bits per heavy atom. The summed E-state index contributed by atoms with van der Waals surface area (Å²) in [6.45, 7) is 7.53. The number of rotatable bonds is 11. The maximum absolute atomic E-state index is 13.9. The van der Waals surface area contributed by atoms with Crippen LogP contribution in [0.3, 0.4) is 0 Å². The van der Waals surface area contributed by atoms with Crippen LogP contribution < -0.4 is 9.62 Å². The van der Waals surface area contributed by atoms with Crippen LogP contribution in [-0.4, -0.2) is 44.3 Å². The van der Waals surface area contributed by atoms with E-state index in [1.54, 1.807) is 67.6 Å². The summed E-state index contributed by atoms with van der Waals surface area (Å²) in [5.74, 6) is -0.609. The van der Waals surface area contributed by atoms with Crippen molar-refractivity contribution in [3.8, 4) is 0 Å². The summed E-state index contributed by atoms with van der Waals surface area (Å²) in [6.07, 6.45) is 0. The normalized spacial score (nSPS) is 12.2. The standard InChI is InChI=1S/C29H33BrClN3O4S/c1-20(2)17-32-29(36)22(4)33(18-23-10-12-25(31)13-11-23)28(35)19-34(26-7-5-6-24(30)16-26)39(37,38)27-14-8-21(3)9-15-27/h5-16,20,22H,17-19H2,1-4H3,(H,32,36)/t22-/m1/s1. The van der Waals surface area contributed by atoms with Crippen molar-refractivity contribution >= 4 is 55.1 Å². The zero-order valence-electron chi connectivity index (χ0n) is 22.4. The Bertz CT molecular complexity index is 1400. The van der Waals surface area contributed by atoms with Crippen molar-refractivity contribution in [3.63, 3.8) is 0 Å². The molecule has 0 unspecified atom stereocenters. The number of anilines is 1. The maximum Gasteiger partial charge on any atom is 0.264 e. The molecule has 0 fully saturated rings. The Labute approximate surface area is 244 Å². The smallest absolute Gasteiger partial charge is 0.264 e. The fourth-order valence-corrected chi connectivity index (χ4v) is 5.74. The van der Waals surface area contributed by atoms with Gasteiger partial charge in [-0.25, -0.2) is 8.42 Å². The molecule has 39 heavy (non-hydrogen) atoms. The van der Waals surface area contributed by atoms with Gasteiger partial charge in [0, 0.05) is 22.6 Å². The summed E-state index contributed by atoms with van der Waals surface area (Å²) in [4.78, 5) is 28.4. The molecule has 0 saturated carbocycles. The van der Waals surface area contributed by atoms with Gasteiger partial charge >= 0.3 is 0 Å². The average Bonchev–Trinajstić information content (AvgIpc) is 2.89. The lowest BCUT2D eigenvalue weighted by atomic mass is 10.1. The van der Waals surface area contributed by atoms with Gasteiger partial charge in [0.25, 0.3) is 10.0 Å². The summed E-state index contributed by atoms with van der Waals surface area (Å²) >= 11 is 9.44. The highest BCUT2D eigenvalue weighted by Crippen LogP contribution is 2.27. The molecule has 0 spiro atoms. The molecule has 1 atom stereocenters. The van der Waals surface area contributed by atoms with Crippen molar-refractivity contribution in [1.82, 2.24) is 10.2 Å². The van der Waals surface area contributed by atoms with Gasteiger partial charge in [-0.1, -0.05) is 77.3 Å². The van der Waals surface area contributed by atoms with Gasteiger partial charge in [-0.15, -0.1) is 0 Å². The van der Waals surface area contributed by atoms with E-state index < -0.39 is 28.5 Å². The Morgan fingerprint density at radius 3 is 2.21 bits per heavy atom. The van der Waals surface area contributed by atoms with Crippen LogP contribution >= 0.6 is 27.5 Å². The van der Waals surface area contributed by atoms with Crippen molar-refractivity contribution in [3.05, 3.63) is 93.4 Å². The second-order valence-electron chi connectivity index (χ2n) is 9.77. The van der Waals surface area contributed by atoms with E-state index in [4.69, 9.17) is 11.6 Å². The lowest BCUT2D eigenvalue weighted by Crippen LogP contribution is -2.51. The number of hydrogen-bond acceptors (Lipinski definition) is 4. The number of hydrogen-bond donors (Lipinski definition) is 1. The van der Waals surface area contributed by atoms with Crippen LogP contribution in [0.25, 0.3) is 0 Å². The number of carbonyl (C=O) groups excluding carboxylic acids is 2. The second-order valence-corrected chi connectivity index (χ2v) is 13.0. The molecule has 0 bridgehead atoms. The molecule has 2 amide bonds. The van der Waals surface area contributed by atoms with Gasteiger partial charge in [0.05, 0.1) is 10.6 Å². The molecule has 3 rings (SSSR count). The predicted molar refractivity (Wildman–Crippen MR) is 159 cm³/mol. The van der Waals surface area contributed by atoms with Gasteiger partial charge in [-0.2, -0.15) is 0 Å². The third kappa shape index (κ3) is 8.30. The monoisotopic (exact) mass is 633 g/mol. The first kappa shape index (κ1) is 30.7. The molecule has 0 aliphatic carbocycles. The number of amides is 2. The van der Waals surface area contributed by atoms with Crippen molar-refractivity contribution in [1.29, 1.82) is 0 Å². The number of sulfonamides is 1. The average molecular weight is 635 g/mol. The molecule has 0 aromatic heterocycles. The fraction of sp³-hybridized carbons (Fsp3) is 0.310. The molecule has 3 aromatic rings. The summed E-state index contributed by atoms with van der Waals surface area (Å²) in [6, 6.07) is 19.3. The lowest BCUT2D eigenvalue weighted by Gasteiger charge is -2.32. The zero-order chi connectivity index (χ0) is 28.7. The highest BCUT2D eigenvalue weighted by atomic mass is 79.9. The van der Waals surface area contributed by atoms with Crippen LogP contribution in [0.4, 0.5) is 5.69 Å². The minimum absolute atomic E-state index is 0.0628. The van der Waals surface area contributed by atoms with E-state index in [9.17, 15) is 18.0 Å². The number of benzene rings is 3. The van der Waals surface area contributed by atoms with Crippen molar-refractivity contribution in [2.24, 2.45) is 5.92 Å². The van der Waals surface area contributed by atoms with Gasteiger partial charge in [-0.05, 0) is 67.8 Å². The third-order valence-corrected chi connectivity index (χ3v) is 8.64. The van der Waals surface area contributed by atoms with Gasteiger partial charge in [0.15, 0.2) is 0 Å². The third-order valence-electron chi connectivity index (χ3n) is 6.10. The molecular weight excluding hydrogens is 602 g/mol. The van der Waals surface area contributed by atoms with E-state index >= 15 is 0 Å². The quantitative estimate of drug-likeness (QED) is 0.289. The maximum atomic E-state index is 13.9. The summed E-state index contributed by atoms with van der Waals surface area (Å²) < 4.78 is 29.4. The van der Waals surface area contributed by atoms with Crippen LogP contribution in [-0.2, 0) is 26.2 Å². The second kappa shape index (κ2) is 13.5. The molecule has 0 aliphatic rings. The number of nitrogens with zero attached hydrogens (tertiary/aromatic N) is 2. The summed E-state index contributed by atoms with van der Waals surface area (Å²) in [7, 11) is -4.12. The van der Waals surface area contributed by atoms with E-state index in [1.807, 2.05) is 20.8 Å². The summed E-state index contributed by atoms with van der Waals surface area (Å²) in [5.41, 5.74) is 1.99. The molecule has 3 aromatic carbocycles. The molecule has 208 valence electrons. The van der Waals surface area contributed by atoms with Crippen molar-refractivity contribution in [2.75, 3.05) is 17.4 Å². The minimum atomic E-state index is -4.12.